The molecule has 1 aliphatic rings. The Labute approximate surface area is 191 Å². The van der Waals surface area contributed by atoms with Crippen LogP contribution in [0.5, 0.6) is 0 Å². The minimum Gasteiger partial charge on any atom is -0.368 e. The predicted molar refractivity (Wildman–Crippen MR) is 129 cm³/mol. The molecule has 0 atom stereocenters. The summed E-state index contributed by atoms with van der Waals surface area (Å²) in [5, 5.41) is 2.04. The number of aromatic nitrogens is 1. The molecule has 6 heteroatoms. The predicted octanol–water partition coefficient (Wildman–Crippen LogP) is 5.47. The van der Waals surface area contributed by atoms with Gasteiger partial charge in [0.25, 0.3) is 5.91 Å². The molecule has 0 aliphatic carbocycles. The summed E-state index contributed by atoms with van der Waals surface area (Å²) in [6.07, 6.45) is 0. The van der Waals surface area contributed by atoms with Crippen molar-refractivity contribution in [3.05, 3.63) is 88.2 Å². The fraction of sp³-hybridized carbons (Fsp3) is 0.269. The second-order valence-electron chi connectivity index (χ2n) is 8.48. The summed E-state index contributed by atoms with van der Waals surface area (Å²) in [4.78, 5) is 17.9. The van der Waals surface area contributed by atoms with E-state index < -0.39 is 0 Å². The van der Waals surface area contributed by atoms with Crippen molar-refractivity contribution in [1.29, 1.82) is 0 Å². The number of benzene rings is 2. The molecule has 4 nitrogen and oxygen atoms in total. The number of nitrogens with zero attached hydrogens (tertiary/aromatic N) is 3. The Hall–Kier alpha value is -3.12. The number of amides is 1. The summed E-state index contributed by atoms with van der Waals surface area (Å²) >= 11 is 1.64. The molecule has 0 radical (unpaired) electrons. The molecule has 0 saturated carbocycles. The molecule has 1 fully saturated rings. The van der Waals surface area contributed by atoms with Gasteiger partial charge in [0.15, 0.2) is 0 Å². The third-order valence-electron chi connectivity index (χ3n) is 6.27. The molecule has 164 valence electrons. The van der Waals surface area contributed by atoms with Crippen LogP contribution in [0, 0.1) is 19.7 Å². The largest absolute Gasteiger partial charge is 0.368 e. The van der Waals surface area contributed by atoms with Gasteiger partial charge in [-0.2, -0.15) is 0 Å². The van der Waals surface area contributed by atoms with E-state index in [1.807, 2.05) is 16.3 Å². The molecule has 4 aromatic rings. The minimum atomic E-state index is -0.250. The second-order valence-corrected chi connectivity index (χ2v) is 9.43. The molecule has 1 aliphatic heterocycles. The molecule has 2 aromatic carbocycles. The lowest BCUT2D eigenvalue weighted by Gasteiger charge is -2.37. The summed E-state index contributed by atoms with van der Waals surface area (Å²) in [7, 11) is 0. The zero-order valence-electron chi connectivity index (χ0n) is 18.3. The Morgan fingerprint density at radius 3 is 2.47 bits per heavy atom. The zero-order chi connectivity index (χ0) is 22.2. The highest BCUT2D eigenvalue weighted by Gasteiger charge is 2.26. The third-order valence-corrected chi connectivity index (χ3v) is 7.12. The lowest BCUT2D eigenvalue weighted by molar-refractivity contribution is 0.0737. The summed E-state index contributed by atoms with van der Waals surface area (Å²) in [5.74, 6) is -0.184. The van der Waals surface area contributed by atoms with Gasteiger partial charge in [-0.1, -0.05) is 24.3 Å². The highest BCUT2D eigenvalue weighted by molar-refractivity contribution is 7.17. The quantitative estimate of drug-likeness (QED) is 0.415. The van der Waals surface area contributed by atoms with Crippen molar-refractivity contribution in [1.82, 2.24) is 9.47 Å². The van der Waals surface area contributed by atoms with Crippen molar-refractivity contribution in [3.63, 3.8) is 0 Å². The summed E-state index contributed by atoms with van der Waals surface area (Å²) < 4.78 is 16.5. The van der Waals surface area contributed by atoms with Gasteiger partial charge in [0.1, 0.15) is 11.5 Å². The highest BCUT2D eigenvalue weighted by Crippen LogP contribution is 2.28. The van der Waals surface area contributed by atoms with Crippen molar-refractivity contribution >= 4 is 33.1 Å². The van der Waals surface area contributed by atoms with Crippen LogP contribution >= 0.6 is 11.3 Å². The number of hydrogen-bond acceptors (Lipinski definition) is 3. The zero-order valence-corrected chi connectivity index (χ0v) is 19.2. The molecule has 0 unspecified atom stereocenters. The van der Waals surface area contributed by atoms with Crippen LogP contribution in [-0.4, -0.2) is 41.6 Å². The van der Waals surface area contributed by atoms with E-state index in [1.165, 1.54) is 28.9 Å². The lowest BCUT2D eigenvalue weighted by atomic mass is 10.1. The molecule has 1 saturated heterocycles. The number of aryl methyl sites for hydroxylation is 2. The van der Waals surface area contributed by atoms with E-state index in [0.29, 0.717) is 25.3 Å². The first-order chi connectivity index (χ1) is 15.5. The molecular weight excluding hydrogens is 421 g/mol. The number of piperazine rings is 1. The summed E-state index contributed by atoms with van der Waals surface area (Å²) in [6.45, 7) is 7.84. The first-order valence-corrected chi connectivity index (χ1v) is 11.8. The fourth-order valence-electron chi connectivity index (χ4n) is 4.47. The van der Waals surface area contributed by atoms with Crippen LogP contribution in [0.15, 0.2) is 60.0 Å². The standard InChI is InChI=1S/C26H26FN3OS/c1-18-3-4-19(2)23(15-18)28-10-12-29(13-11-28)26(31)24-16-25-22(9-14-32-25)30(24)17-20-5-7-21(27)8-6-20/h3-9,14-16H,10-13,17H2,1-2H3. The number of anilines is 1. The second kappa shape index (κ2) is 8.43. The summed E-state index contributed by atoms with van der Waals surface area (Å²) in [5.41, 5.74) is 6.51. The lowest BCUT2D eigenvalue weighted by Crippen LogP contribution is -2.49. The van der Waals surface area contributed by atoms with E-state index in [4.69, 9.17) is 0 Å². The van der Waals surface area contributed by atoms with Gasteiger partial charge in [-0.25, -0.2) is 4.39 Å². The van der Waals surface area contributed by atoms with Gasteiger partial charge < -0.3 is 14.4 Å². The SMILES string of the molecule is Cc1ccc(C)c(N2CCN(C(=O)c3cc4sccc4n3Cc3ccc(F)cc3)CC2)c1. The van der Waals surface area contributed by atoms with E-state index in [0.717, 1.165) is 28.9 Å². The maximum absolute atomic E-state index is 13.5. The number of rotatable bonds is 4. The van der Waals surface area contributed by atoms with E-state index >= 15 is 0 Å². The van der Waals surface area contributed by atoms with Crippen molar-refractivity contribution in [2.75, 3.05) is 31.1 Å². The molecule has 0 bridgehead atoms. The van der Waals surface area contributed by atoms with E-state index in [-0.39, 0.29) is 11.7 Å². The Kier molecular flexibility index (Phi) is 5.47. The molecule has 5 rings (SSSR count). The van der Waals surface area contributed by atoms with Crippen LogP contribution in [0.1, 0.15) is 27.2 Å². The molecule has 0 spiro atoms. The van der Waals surface area contributed by atoms with E-state index in [2.05, 4.69) is 47.6 Å². The van der Waals surface area contributed by atoms with E-state index in [9.17, 15) is 9.18 Å². The van der Waals surface area contributed by atoms with Crippen molar-refractivity contribution < 1.29 is 9.18 Å². The van der Waals surface area contributed by atoms with Crippen molar-refractivity contribution in [2.45, 2.75) is 20.4 Å². The Bertz CT molecular complexity index is 1270. The topological polar surface area (TPSA) is 28.5 Å². The van der Waals surface area contributed by atoms with Gasteiger partial charge in [-0.05, 0) is 66.2 Å². The number of thiophene rings is 1. The van der Waals surface area contributed by atoms with Crippen molar-refractivity contribution in [3.8, 4) is 0 Å². The molecule has 2 aromatic heterocycles. The smallest absolute Gasteiger partial charge is 0.270 e. The first-order valence-electron chi connectivity index (χ1n) is 10.9. The van der Waals surface area contributed by atoms with E-state index in [1.54, 1.807) is 23.5 Å². The van der Waals surface area contributed by atoms with Gasteiger partial charge in [-0.3, -0.25) is 4.79 Å². The molecule has 3 heterocycles. The van der Waals surface area contributed by atoms with Crippen LogP contribution in [0.25, 0.3) is 10.2 Å². The molecule has 1 amide bonds. The fourth-order valence-corrected chi connectivity index (χ4v) is 5.29. The van der Waals surface area contributed by atoms with Crippen LogP contribution in [0.3, 0.4) is 0 Å². The third kappa shape index (κ3) is 3.91. The monoisotopic (exact) mass is 447 g/mol. The minimum absolute atomic E-state index is 0.0659. The number of fused-ring (bicyclic) bond motifs is 1. The van der Waals surface area contributed by atoms with Crippen LogP contribution in [-0.2, 0) is 6.54 Å². The molecular formula is C26H26FN3OS. The van der Waals surface area contributed by atoms with Crippen molar-refractivity contribution in [2.24, 2.45) is 0 Å². The maximum atomic E-state index is 13.5. The Morgan fingerprint density at radius 1 is 0.969 bits per heavy atom. The number of halogens is 1. The van der Waals surface area contributed by atoms with Crippen LogP contribution < -0.4 is 4.90 Å². The van der Waals surface area contributed by atoms with Crippen LogP contribution in [0.4, 0.5) is 10.1 Å². The normalized spacial score (nSPS) is 14.3. The Balaban J connectivity index is 1.37. The average molecular weight is 448 g/mol. The summed E-state index contributed by atoms with van der Waals surface area (Å²) in [6, 6.07) is 17.1. The van der Waals surface area contributed by atoms with Gasteiger partial charge in [0.2, 0.25) is 0 Å². The van der Waals surface area contributed by atoms with Crippen LogP contribution in [0.2, 0.25) is 0 Å². The van der Waals surface area contributed by atoms with Gasteiger partial charge in [0, 0.05) is 38.4 Å². The Morgan fingerprint density at radius 2 is 1.72 bits per heavy atom. The van der Waals surface area contributed by atoms with Gasteiger partial charge >= 0.3 is 0 Å². The molecule has 0 N–H and O–H groups in total. The average Bonchev–Trinajstić information content (AvgIpc) is 3.39. The highest BCUT2D eigenvalue weighted by atomic mass is 32.1. The van der Waals surface area contributed by atoms with Gasteiger partial charge in [-0.15, -0.1) is 11.3 Å². The maximum Gasteiger partial charge on any atom is 0.270 e. The number of carbonyl (C=O) groups excluding carboxylic acids is 1. The number of hydrogen-bond donors (Lipinski definition) is 0. The molecule has 32 heavy (non-hydrogen) atoms. The van der Waals surface area contributed by atoms with Gasteiger partial charge in [0.05, 0.1) is 10.2 Å². The number of carbonyl (C=O) groups is 1. The first kappa shape index (κ1) is 20.8.